The highest BCUT2D eigenvalue weighted by molar-refractivity contribution is 6.03. The van der Waals surface area contributed by atoms with Crippen LogP contribution >= 0.6 is 0 Å². The van der Waals surface area contributed by atoms with Crippen LogP contribution in [0.2, 0.25) is 0 Å². The summed E-state index contributed by atoms with van der Waals surface area (Å²) in [5.74, 6) is -0.161. The zero-order valence-electron chi connectivity index (χ0n) is 14.8. The van der Waals surface area contributed by atoms with Crippen molar-refractivity contribution in [3.05, 3.63) is 59.5 Å². The molecule has 0 fully saturated rings. The van der Waals surface area contributed by atoms with Crippen LogP contribution < -0.4 is 5.32 Å². The Morgan fingerprint density at radius 2 is 1.92 bits per heavy atom. The monoisotopic (exact) mass is 353 g/mol. The van der Waals surface area contributed by atoms with E-state index in [0.29, 0.717) is 29.2 Å². The summed E-state index contributed by atoms with van der Waals surface area (Å²) in [7, 11) is 1.78. The molecule has 8 nitrogen and oxygen atoms in total. The lowest BCUT2D eigenvalue weighted by Crippen LogP contribution is -2.12. The maximum Gasteiger partial charge on any atom is 0.341 e. The molecule has 1 N–H and O–H groups in total. The van der Waals surface area contributed by atoms with Crippen LogP contribution in [0.25, 0.3) is 5.69 Å². The Hall–Kier alpha value is -3.42. The number of carbonyl (C=O) groups excluding carboxylic acids is 2. The SMILES string of the molecule is CCOC(=O)c1cnn(-c2ccc(C(=O)Nc3ccn(C)n3)cc2)c1C. The molecule has 26 heavy (non-hydrogen) atoms. The van der Waals surface area contributed by atoms with Crippen LogP contribution in [0, 0.1) is 6.92 Å². The van der Waals surface area contributed by atoms with Crippen molar-refractivity contribution in [2.45, 2.75) is 13.8 Å². The maximum atomic E-state index is 12.3. The Morgan fingerprint density at radius 1 is 1.19 bits per heavy atom. The predicted octanol–water partition coefficient (Wildman–Crippen LogP) is 2.34. The third kappa shape index (κ3) is 3.49. The number of aryl methyl sites for hydroxylation is 1. The van der Waals surface area contributed by atoms with Crippen LogP contribution in [-0.2, 0) is 11.8 Å². The Kier molecular flexibility index (Phi) is 4.83. The van der Waals surface area contributed by atoms with Crippen LogP contribution in [0.4, 0.5) is 5.82 Å². The number of nitrogens with zero attached hydrogens (tertiary/aromatic N) is 4. The molecule has 0 saturated heterocycles. The van der Waals surface area contributed by atoms with Crippen molar-refractivity contribution in [3.8, 4) is 5.69 Å². The molecule has 0 radical (unpaired) electrons. The van der Waals surface area contributed by atoms with Gasteiger partial charge in [0.2, 0.25) is 0 Å². The largest absolute Gasteiger partial charge is 0.462 e. The molecule has 0 aliphatic heterocycles. The van der Waals surface area contributed by atoms with Crippen LogP contribution in [0.5, 0.6) is 0 Å². The molecule has 0 spiro atoms. The Balaban J connectivity index is 1.77. The van der Waals surface area contributed by atoms with Gasteiger partial charge >= 0.3 is 5.97 Å². The highest BCUT2D eigenvalue weighted by Crippen LogP contribution is 2.16. The van der Waals surface area contributed by atoms with E-state index < -0.39 is 5.97 Å². The number of esters is 1. The Labute approximate surface area is 150 Å². The van der Waals surface area contributed by atoms with Crippen LogP contribution in [0.3, 0.4) is 0 Å². The second-order valence-corrected chi connectivity index (χ2v) is 5.65. The Morgan fingerprint density at radius 3 is 2.54 bits per heavy atom. The van der Waals surface area contributed by atoms with Gasteiger partial charge in [-0.2, -0.15) is 10.2 Å². The van der Waals surface area contributed by atoms with Crippen molar-refractivity contribution < 1.29 is 14.3 Å². The first-order chi connectivity index (χ1) is 12.5. The number of carbonyl (C=O) groups is 2. The number of ether oxygens (including phenoxy) is 1. The summed E-state index contributed by atoms with van der Waals surface area (Å²) >= 11 is 0. The molecule has 0 atom stereocenters. The molecule has 0 saturated carbocycles. The normalized spacial score (nSPS) is 10.6. The van der Waals surface area contributed by atoms with Crippen LogP contribution in [-0.4, -0.2) is 38.0 Å². The minimum Gasteiger partial charge on any atom is -0.462 e. The molecule has 0 bridgehead atoms. The molecule has 3 aromatic rings. The van der Waals surface area contributed by atoms with E-state index in [1.807, 2.05) is 0 Å². The van der Waals surface area contributed by atoms with Gasteiger partial charge < -0.3 is 10.1 Å². The zero-order valence-corrected chi connectivity index (χ0v) is 14.8. The van der Waals surface area contributed by atoms with Gasteiger partial charge in [-0.1, -0.05) is 0 Å². The Bertz CT molecular complexity index is 940. The van der Waals surface area contributed by atoms with Crippen LogP contribution in [0.15, 0.2) is 42.7 Å². The van der Waals surface area contributed by atoms with E-state index in [4.69, 9.17) is 4.74 Å². The minimum absolute atomic E-state index is 0.250. The van der Waals surface area contributed by atoms with Gasteiger partial charge in [0, 0.05) is 24.9 Å². The first kappa shape index (κ1) is 17.4. The van der Waals surface area contributed by atoms with Gasteiger partial charge in [0.25, 0.3) is 5.91 Å². The molecule has 2 heterocycles. The van der Waals surface area contributed by atoms with Crippen molar-refractivity contribution in [1.82, 2.24) is 19.6 Å². The van der Waals surface area contributed by atoms with E-state index in [1.165, 1.54) is 6.20 Å². The third-order valence-corrected chi connectivity index (χ3v) is 3.83. The molecule has 0 aliphatic rings. The van der Waals surface area contributed by atoms with E-state index in [0.717, 1.165) is 5.69 Å². The fourth-order valence-corrected chi connectivity index (χ4v) is 2.50. The van der Waals surface area contributed by atoms with Crippen molar-refractivity contribution >= 4 is 17.7 Å². The highest BCUT2D eigenvalue weighted by atomic mass is 16.5. The van der Waals surface area contributed by atoms with E-state index in [2.05, 4.69) is 15.5 Å². The van der Waals surface area contributed by atoms with E-state index in [-0.39, 0.29) is 5.91 Å². The molecule has 3 rings (SSSR count). The lowest BCUT2D eigenvalue weighted by atomic mass is 10.2. The number of hydrogen-bond donors (Lipinski definition) is 1. The second kappa shape index (κ2) is 7.22. The van der Waals surface area contributed by atoms with E-state index in [9.17, 15) is 9.59 Å². The molecule has 8 heteroatoms. The van der Waals surface area contributed by atoms with Gasteiger partial charge in [-0.3, -0.25) is 9.48 Å². The average Bonchev–Trinajstić information content (AvgIpc) is 3.21. The summed E-state index contributed by atoms with van der Waals surface area (Å²) in [6.07, 6.45) is 3.23. The molecule has 0 aliphatic carbocycles. The molecule has 0 unspecified atom stereocenters. The van der Waals surface area contributed by atoms with E-state index >= 15 is 0 Å². The number of anilines is 1. The smallest absolute Gasteiger partial charge is 0.341 e. The minimum atomic E-state index is -0.400. The van der Waals surface area contributed by atoms with Crippen molar-refractivity contribution in [2.75, 3.05) is 11.9 Å². The quantitative estimate of drug-likeness (QED) is 0.711. The first-order valence-corrected chi connectivity index (χ1v) is 8.12. The highest BCUT2D eigenvalue weighted by Gasteiger charge is 2.16. The predicted molar refractivity (Wildman–Crippen MR) is 95.4 cm³/mol. The second-order valence-electron chi connectivity index (χ2n) is 5.65. The third-order valence-electron chi connectivity index (χ3n) is 3.83. The molecule has 2 aromatic heterocycles. The summed E-state index contributed by atoms with van der Waals surface area (Å²) in [5, 5.41) is 11.1. The summed E-state index contributed by atoms with van der Waals surface area (Å²) in [6, 6.07) is 8.64. The lowest BCUT2D eigenvalue weighted by molar-refractivity contribution is 0.0525. The molecular weight excluding hydrogens is 334 g/mol. The van der Waals surface area contributed by atoms with Crippen LogP contribution in [0.1, 0.15) is 33.3 Å². The van der Waals surface area contributed by atoms with Gasteiger partial charge in [0.1, 0.15) is 5.56 Å². The lowest BCUT2D eigenvalue weighted by Gasteiger charge is -2.07. The number of rotatable bonds is 5. The molecular formula is C18H19N5O3. The molecule has 1 aromatic carbocycles. The summed E-state index contributed by atoms with van der Waals surface area (Å²) in [4.78, 5) is 24.2. The standard InChI is InChI=1S/C18H19N5O3/c1-4-26-18(25)15-11-19-23(12(15)2)14-7-5-13(6-8-14)17(24)20-16-9-10-22(3)21-16/h5-11H,4H2,1-3H3,(H,20,21,24). The van der Waals surface area contributed by atoms with Gasteiger partial charge in [-0.25, -0.2) is 9.48 Å². The zero-order chi connectivity index (χ0) is 18.7. The number of aromatic nitrogens is 4. The van der Waals surface area contributed by atoms with Gasteiger partial charge in [-0.15, -0.1) is 0 Å². The van der Waals surface area contributed by atoms with Gasteiger partial charge in [0.15, 0.2) is 5.82 Å². The molecule has 134 valence electrons. The first-order valence-electron chi connectivity index (χ1n) is 8.12. The van der Waals surface area contributed by atoms with E-state index in [1.54, 1.807) is 66.8 Å². The number of nitrogens with one attached hydrogen (secondary N) is 1. The topological polar surface area (TPSA) is 91.0 Å². The molecule has 1 amide bonds. The van der Waals surface area contributed by atoms with Crippen molar-refractivity contribution in [3.63, 3.8) is 0 Å². The summed E-state index contributed by atoms with van der Waals surface area (Å²) < 4.78 is 8.26. The van der Waals surface area contributed by atoms with Crippen molar-refractivity contribution in [2.24, 2.45) is 7.05 Å². The summed E-state index contributed by atoms with van der Waals surface area (Å²) in [6.45, 7) is 3.86. The fraction of sp³-hybridized carbons (Fsp3) is 0.222. The average molecular weight is 353 g/mol. The maximum absolute atomic E-state index is 12.3. The number of hydrogen-bond acceptors (Lipinski definition) is 5. The summed E-state index contributed by atoms with van der Waals surface area (Å²) in [5.41, 5.74) is 2.33. The van der Waals surface area contributed by atoms with Crippen molar-refractivity contribution in [1.29, 1.82) is 0 Å². The van der Waals surface area contributed by atoms with Gasteiger partial charge in [0.05, 0.1) is 24.2 Å². The number of benzene rings is 1. The number of amides is 1. The fourth-order valence-electron chi connectivity index (χ4n) is 2.50. The van der Waals surface area contributed by atoms with Gasteiger partial charge in [-0.05, 0) is 38.1 Å².